The predicted molar refractivity (Wildman–Crippen MR) is 51.2 cm³/mol. The molecule has 1 aromatic carbocycles. The molecule has 0 aliphatic rings. The van der Waals surface area contributed by atoms with Crippen molar-refractivity contribution in [1.29, 1.82) is 0 Å². The van der Waals surface area contributed by atoms with Crippen molar-refractivity contribution in [2.75, 3.05) is 7.11 Å². The molecule has 0 saturated carbocycles. The summed E-state index contributed by atoms with van der Waals surface area (Å²) in [6.45, 7) is 0. The summed E-state index contributed by atoms with van der Waals surface area (Å²) in [5, 5.41) is 24.5. The van der Waals surface area contributed by atoms with Gasteiger partial charge in [0.15, 0.2) is 0 Å². The van der Waals surface area contributed by atoms with Crippen LogP contribution in [-0.4, -0.2) is 29.8 Å². The molecule has 0 bridgehead atoms. The van der Waals surface area contributed by atoms with E-state index >= 15 is 0 Å². The van der Waals surface area contributed by atoms with Crippen LogP contribution in [0.4, 0.5) is 5.69 Å². The van der Waals surface area contributed by atoms with Crippen LogP contribution >= 0.6 is 0 Å². The number of methoxy groups -OCH3 is 1. The first kappa shape index (κ1) is 12.4. The molecule has 0 amide bonds. The lowest BCUT2D eigenvalue weighted by atomic mass is 10.3. The molecule has 14 heavy (non-hydrogen) atoms. The summed E-state index contributed by atoms with van der Waals surface area (Å²) in [4.78, 5) is 9.76. The number of ether oxygens (including phenoxy) is 1. The molecule has 0 unspecified atom stereocenters. The summed E-state index contributed by atoms with van der Waals surface area (Å²) in [6, 6.07) is 6.03. The summed E-state index contributed by atoms with van der Waals surface area (Å²) in [5.74, 6) is 0.499. The normalized spacial score (nSPS) is 8.21. The quantitative estimate of drug-likeness (QED) is 0.392. The van der Waals surface area contributed by atoms with Crippen LogP contribution in [-0.2, 0) is 0 Å². The van der Waals surface area contributed by atoms with Crippen LogP contribution in [0.5, 0.6) is 5.75 Å². The largest absolute Gasteiger partial charge is 0.497 e. The van der Waals surface area contributed by atoms with E-state index in [2.05, 4.69) is 0 Å². The smallest absolute Gasteiger partial charge is 0.432 e. The van der Waals surface area contributed by atoms with Crippen LogP contribution in [0.3, 0.4) is 0 Å². The van der Waals surface area contributed by atoms with Crippen LogP contribution in [0.2, 0.25) is 0 Å². The number of hydrogen-bond acceptors (Lipinski definition) is 5. The third-order valence-corrected chi connectivity index (χ3v) is 1.26. The molecule has 0 atom stereocenters. The number of benzene rings is 1. The third-order valence-electron chi connectivity index (χ3n) is 1.26. The van der Waals surface area contributed by atoms with Gasteiger partial charge in [0, 0.05) is 6.07 Å². The molecule has 0 fully saturated rings. The lowest BCUT2D eigenvalue weighted by Crippen LogP contribution is -1.88. The van der Waals surface area contributed by atoms with Crippen molar-refractivity contribution in [2.45, 2.75) is 0 Å². The molecule has 2 N–H and O–H groups in total. The number of rotatable bonds is 2. The van der Waals surface area contributed by atoms with Gasteiger partial charge in [-0.15, -0.1) is 0 Å². The Labute approximate surface area is 81.2 Å². The zero-order chi connectivity index (χ0) is 11.0. The Morgan fingerprint density at radius 2 is 2.07 bits per heavy atom. The van der Waals surface area contributed by atoms with E-state index in [1.54, 1.807) is 12.1 Å². The number of hydrogen-bond donors (Lipinski definition) is 2. The first-order chi connectivity index (χ1) is 6.65. The zero-order valence-electron chi connectivity index (χ0n) is 7.58. The summed E-state index contributed by atoms with van der Waals surface area (Å²) in [6.07, 6.45) is 0. The molecule has 0 spiro atoms. The van der Waals surface area contributed by atoms with E-state index in [4.69, 9.17) is 14.8 Å². The predicted octanol–water partition coefficient (Wildman–Crippen LogP) is -0.159. The first-order valence-corrected chi connectivity index (χ1v) is 3.65. The Kier molecular flexibility index (Phi) is 6.09. The van der Waals surface area contributed by atoms with E-state index in [-0.39, 0.29) is 5.69 Å². The van der Waals surface area contributed by atoms with Gasteiger partial charge >= 0.3 is 7.69 Å². The van der Waals surface area contributed by atoms with Crippen LogP contribution in [0.15, 0.2) is 24.3 Å². The molecule has 0 aliphatic heterocycles. The van der Waals surface area contributed by atoms with Crippen molar-refractivity contribution in [3.8, 4) is 5.75 Å². The Morgan fingerprint density at radius 3 is 2.50 bits per heavy atom. The lowest BCUT2D eigenvalue weighted by Gasteiger charge is -1.96. The fraction of sp³-hybridized carbons (Fsp3) is 0.143. The van der Waals surface area contributed by atoms with E-state index in [1.165, 1.54) is 19.2 Å². The standard InChI is InChI=1S/C7H7NO3.BH3O2/c1-11-7-4-2-3-6(5-7)8(9)10;2-1-3/h2-5H,1H3;1-3H. The van der Waals surface area contributed by atoms with Gasteiger partial charge in [0.2, 0.25) is 0 Å². The van der Waals surface area contributed by atoms with Crippen molar-refractivity contribution in [2.24, 2.45) is 0 Å². The van der Waals surface area contributed by atoms with Crippen LogP contribution < -0.4 is 4.74 Å². The molecule has 7 heteroatoms. The van der Waals surface area contributed by atoms with E-state index < -0.39 is 12.6 Å². The SMILES string of the molecule is COc1cccc([N+](=O)[O-])c1.OBO. The molecule has 76 valence electrons. The Balaban J connectivity index is 0.000000500. The second kappa shape index (κ2) is 6.87. The average molecular weight is 199 g/mol. The monoisotopic (exact) mass is 199 g/mol. The Bertz CT molecular complexity index is 293. The van der Waals surface area contributed by atoms with Crippen molar-refractivity contribution in [3.05, 3.63) is 34.4 Å². The lowest BCUT2D eigenvalue weighted by molar-refractivity contribution is -0.384. The highest BCUT2D eigenvalue weighted by atomic mass is 16.6. The molecule has 0 heterocycles. The van der Waals surface area contributed by atoms with Gasteiger partial charge in [0.25, 0.3) is 5.69 Å². The zero-order valence-corrected chi connectivity index (χ0v) is 7.58. The van der Waals surface area contributed by atoms with E-state index in [0.717, 1.165) is 0 Å². The van der Waals surface area contributed by atoms with E-state index in [9.17, 15) is 10.1 Å². The highest BCUT2D eigenvalue weighted by Crippen LogP contribution is 2.17. The summed E-state index contributed by atoms with van der Waals surface area (Å²) < 4.78 is 4.80. The first-order valence-electron chi connectivity index (χ1n) is 3.65. The van der Waals surface area contributed by atoms with E-state index in [1.807, 2.05) is 0 Å². The van der Waals surface area contributed by atoms with Gasteiger partial charge in [0.1, 0.15) is 5.75 Å². The Hall–Kier alpha value is -1.60. The highest BCUT2D eigenvalue weighted by Gasteiger charge is 2.04. The van der Waals surface area contributed by atoms with Gasteiger partial charge in [0.05, 0.1) is 18.1 Å². The number of nitro groups is 1. The molecule has 0 aromatic heterocycles. The fourth-order valence-corrected chi connectivity index (χ4v) is 0.724. The maximum atomic E-state index is 10.2. The second-order valence-corrected chi connectivity index (χ2v) is 2.10. The minimum Gasteiger partial charge on any atom is -0.497 e. The third kappa shape index (κ3) is 4.44. The second-order valence-electron chi connectivity index (χ2n) is 2.10. The molecule has 6 nitrogen and oxygen atoms in total. The van der Waals surface area contributed by atoms with Gasteiger partial charge in [-0.1, -0.05) is 6.07 Å². The summed E-state index contributed by atoms with van der Waals surface area (Å²) >= 11 is 0. The minimum atomic E-state index is -0.750. The van der Waals surface area contributed by atoms with E-state index in [0.29, 0.717) is 5.75 Å². The van der Waals surface area contributed by atoms with Crippen molar-refractivity contribution < 1.29 is 19.7 Å². The maximum absolute atomic E-state index is 10.2. The number of nitro benzene ring substituents is 1. The van der Waals surface area contributed by atoms with Crippen LogP contribution in [0.1, 0.15) is 0 Å². The maximum Gasteiger partial charge on any atom is 0.432 e. The van der Waals surface area contributed by atoms with Gasteiger partial charge in [-0.2, -0.15) is 0 Å². The molecule has 0 saturated heterocycles. The molecule has 1 aromatic rings. The van der Waals surface area contributed by atoms with Gasteiger partial charge in [-0.3, -0.25) is 10.1 Å². The van der Waals surface area contributed by atoms with Gasteiger partial charge in [-0.05, 0) is 6.07 Å². The average Bonchev–Trinajstić information content (AvgIpc) is 2.19. The molecule has 0 radical (unpaired) electrons. The topological polar surface area (TPSA) is 92.8 Å². The van der Waals surface area contributed by atoms with Crippen molar-refractivity contribution in [1.82, 2.24) is 0 Å². The van der Waals surface area contributed by atoms with Gasteiger partial charge < -0.3 is 14.8 Å². The van der Waals surface area contributed by atoms with Crippen molar-refractivity contribution >= 4 is 13.4 Å². The van der Waals surface area contributed by atoms with Crippen LogP contribution in [0.25, 0.3) is 0 Å². The fourth-order valence-electron chi connectivity index (χ4n) is 0.724. The number of nitrogens with zero attached hydrogens (tertiary/aromatic N) is 1. The molecule has 0 aliphatic carbocycles. The Morgan fingerprint density at radius 1 is 1.50 bits per heavy atom. The van der Waals surface area contributed by atoms with Crippen molar-refractivity contribution in [3.63, 3.8) is 0 Å². The van der Waals surface area contributed by atoms with Gasteiger partial charge in [-0.25, -0.2) is 0 Å². The molecular formula is C7H10BNO5. The highest BCUT2D eigenvalue weighted by molar-refractivity contribution is 6.13. The summed E-state index contributed by atoms with van der Waals surface area (Å²) in [5.41, 5.74) is 0.0457. The van der Waals surface area contributed by atoms with Crippen LogP contribution in [0, 0.1) is 10.1 Å². The minimum absolute atomic E-state index is 0.0457. The summed E-state index contributed by atoms with van der Waals surface area (Å²) in [7, 11) is 0.721. The molecule has 1 rings (SSSR count). The molecular weight excluding hydrogens is 189 g/mol. The number of non-ortho nitro benzene ring substituents is 1.